The van der Waals surface area contributed by atoms with Crippen molar-refractivity contribution in [2.75, 3.05) is 40.0 Å². The molecule has 0 spiro atoms. The molecule has 0 aromatic carbocycles. The van der Waals surface area contributed by atoms with Crippen molar-refractivity contribution in [3.8, 4) is 0 Å². The Morgan fingerprint density at radius 3 is 2.44 bits per heavy atom. The first-order valence-electron chi connectivity index (χ1n) is 7.69. The van der Waals surface area contributed by atoms with Gasteiger partial charge in [0.15, 0.2) is 0 Å². The molecule has 0 amide bonds. The van der Waals surface area contributed by atoms with E-state index in [0.29, 0.717) is 6.10 Å². The molecule has 0 aliphatic carbocycles. The molecular formula is C15H31NO2. The fourth-order valence-corrected chi connectivity index (χ4v) is 2.52. The van der Waals surface area contributed by atoms with Crippen LogP contribution in [0.5, 0.6) is 0 Å². The Morgan fingerprint density at radius 2 is 1.78 bits per heavy atom. The SMILES string of the molecule is CCCC[C@H](CCCCCN1CCOCC1)OC. The van der Waals surface area contributed by atoms with Gasteiger partial charge in [0.25, 0.3) is 0 Å². The summed E-state index contributed by atoms with van der Waals surface area (Å²) in [6, 6.07) is 0. The average molecular weight is 257 g/mol. The van der Waals surface area contributed by atoms with E-state index in [-0.39, 0.29) is 0 Å². The number of methoxy groups -OCH3 is 1. The Bertz CT molecular complexity index is 181. The predicted molar refractivity (Wildman–Crippen MR) is 76.0 cm³/mol. The van der Waals surface area contributed by atoms with Crippen LogP contribution in [0.3, 0.4) is 0 Å². The number of unbranched alkanes of at least 4 members (excludes halogenated alkanes) is 3. The molecule has 0 aromatic rings. The van der Waals surface area contributed by atoms with Crippen molar-refractivity contribution in [3.05, 3.63) is 0 Å². The first-order chi connectivity index (χ1) is 8.86. The van der Waals surface area contributed by atoms with Crippen LogP contribution in [-0.4, -0.2) is 51.0 Å². The number of hydrogen-bond acceptors (Lipinski definition) is 3. The van der Waals surface area contributed by atoms with Crippen LogP contribution in [-0.2, 0) is 9.47 Å². The van der Waals surface area contributed by atoms with Crippen LogP contribution >= 0.6 is 0 Å². The molecule has 108 valence electrons. The molecule has 1 atom stereocenters. The van der Waals surface area contributed by atoms with Crippen molar-refractivity contribution in [2.45, 2.75) is 58.0 Å². The molecule has 0 radical (unpaired) electrons. The van der Waals surface area contributed by atoms with E-state index in [1.807, 2.05) is 7.11 Å². The number of rotatable bonds is 10. The molecule has 1 rings (SSSR count). The third kappa shape index (κ3) is 7.34. The summed E-state index contributed by atoms with van der Waals surface area (Å²) in [5, 5.41) is 0. The molecule has 0 aromatic heterocycles. The van der Waals surface area contributed by atoms with Crippen LogP contribution in [0.25, 0.3) is 0 Å². The van der Waals surface area contributed by atoms with Crippen LogP contribution in [0.15, 0.2) is 0 Å². The Kier molecular flexibility index (Phi) is 9.54. The third-order valence-electron chi connectivity index (χ3n) is 3.82. The molecule has 0 unspecified atom stereocenters. The molecule has 3 nitrogen and oxygen atoms in total. The van der Waals surface area contributed by atoms with Crippen molar-refractivity contribution >= 4 is 0 Å². The fourth-order valence-electron chi connectivity index (χ4n) is 2.52. The molecule has 1 fully saturated rings. The Morgan fingerprint density at radius 1 is 1.06 bits per heavy atom. The Labute approximate surface area is 113 Å². The van der Waals surface area contributed by atoms with Crippen molar-refractivity contribution < 1.29 is 9.47 Å². The molecule has 0 N–H and O–H groups in total. The highest BCUT2D eigenvalue weighted by molar-refractivity contribution is 4.63. The summed E-state index contributed by atoms with van der Waals surface area (Å²) in [6.07, 6.45) is 9.51. The van der Waals surface area contributed by atoms with Crippen LogP contribution in [0, 0.1) is 0 Å². The maximum absolute atomic E-state index is 5.52. The summed E-state index contributed by atoms with van der Waals surface area (Å²) in [5.41, 5.74) is 0. The van der Waals surface area contributed by atoms with Crippen molar-refractivity contribution in [1.29, 1.82) is 0 Å². The number of morpholine rings is 1. The smallest absolute Gasteiger partial charge is 0.0594 e. The van der Waals surface area contributed by atoms with Crippen molar-refractivity contribution in [2.24, 2.45) is 0 Å². The minimum Gasteiger partial charge on any atom is -0.381 e. The molecular weight excluding hydrogens is 226 g/mol. The lowest BCUT2D eigenvalue weighted by Gasteiger charge is -2.26. The second kappa shape index (κ2) is 10.8. The summed E-state index contributed by atoms with van der Waals surface area (Å²) >= 11 is 0. The van der Waals surface area contributed by atoms with Gasteiger partial charge in [-0.25, -0.2) is 0 Å². The third-order valence-corrected chi connectivity index (χ3v) is 3.82. The lowest BCUT2D eigenvalue weighted by Crippen LogP contribution is -2.36. The van der Waals surface area contributed by atoms with Crippen LogP contribution < -0.4 is 0 Å². The topological polar surface area (TPSA) is 21.7 Å². The van der Waals surface area contributed by atoms with Gasteiger partial charge >= 0.3 is 0 Å². The van der Waals surface area contributed by atoms with Gasteiger partial charge in [-0.15, -0.1) is 0 Å². The highest BCUT2D eigenvalue weighted by atomic mass is 16.5. The normalized spacial score (nSPS) is 19.0. The number of nitrogens with zero attached hydrogens (tertiary/aromatic N) is 1. The van der Waals surface area contributed by atoms with E-state index < -0.39 is 0 Å². The fraction of sp³-hybridized carbons (Fsp3) is 1.00. The quantitative estimate of drug-likeness (QED) is 0.561. The number of ether oxygens (including phenoxy) is 2. The molecule has 1 aliphatic rings. The molecule has 1 heterocycles. The highest BCUT2D eigenvalue weighted by Gasteiger charge is 2.10. The highest BCUT2D eigenvalue weighted by Crippen LogP contribution is 2.13. The predicted octanol–water partition coefficient (Wildman–Crippen LogP) is 3.08. The van der Waals surface area contributed by atoms with Gasteiger partial charge in [0.2, 0.25) is 0 Å². The molecule has 3 heteroatoms. The average Bonchev–Trinajstić information content (AvgIpc) is 2.43. The largest absolute Gasteiger partial charge is 0.381 e. The summed E-state index contributed by atoms with van der Waals surface area (Å²) in [7, 11) is 1.86. The monoisotopic (exact) mass is 257 g/mol. The maximum atomic E-state index is 5.52. The van der Waals surface area contributed by atoms with Crippen LogP contribution in [0.2, 0.25) is 0 Å². The van der Waals surface area contributed by atoms with E-state index in [9.17, 15) is 0 Å². The van der Waals surface area contributed by atoms with E-state index >= 15 is 0 Å². The second-order valence-electron chi connectivity index (χ2n) is 5.30. The maximum Gasteiger partial charge on any atom is 0.0594 e. The van der Waals surface area contributed by atoms with E-state index in [0.717, 1.165) is 26.3 Å². The van der Waals surface area contributed by atoms with E-state index in [4.69, 9.17) is 9.47 Å². The Balaban J connectivity index is 1.93. The summed E-state index contributed by atoms with van der Waals surface area (Å²) in [5.74, 6) is 0. The summed E-state index contributed by atoms with van der Waals surface area (Å²) in [6.45, 7) is 7.57. The molecule has 1 saturated heterocycles. The minimum atomic E-state index is 0.494. The first-order valence-corrected chi connectivity index (χ1v) is 7.69. The zero-order valence-corrected chi connectivity index (χ0v) is 12.3. The first kappa shape index (κ1) is 15.9. The standard InChI is InChI=1S/C15H31NO2/c1-3-4-8-15(17-2)9-6-5-7-10-16-11-13-18-14-12-16/h15H,3-14H2,1-2H3/t15-/m1/s1. The zero-order chi connectivity index (χ0) is 13.1. The lowest BCUT2D eigenvalue weighted by atomic mass is 10.1. The lowest BCUT2D eigenvalue weighted by molar-refractivity contribution is 0.0368. The molecule has 1 aliphatic heterocycles. The van der Waals surface area contributed by atoms with E-state index in [1.165, 1.54) is 51.5 Å². The van der Waals surface area contributed by atoms with Gasteiger partial charge < -0.3 is 9.47 Å². The molecule has 18 heavy (non-hydrogen) atoms. The van der Waals surface area contributed by atoms with Crippen molar-refractivity contribution in [3.63, 3.8) is 0 Å². The molecule has 0 bridgehead atoms. The van der Waals surface area contributed by atoms with Crippen molar-refractivity contribution in [1.82, 2.24) is 4.90 Å². The van der Waals surface area contributed by atoms with Gasteiger partial charge in [-0.3, -0.25) is 4.90 Å². The van der Waals surface area contributed by atoms with Crippen LogP contribution in [0.1, 0.15) is 51.9 Å². The van der Waals surface area contributed by atoms with Gasteiger partial charge in [-0.05, 0) is 25.8 Å². The van der Waals surface area contributed by atoms with Gasteiger partial charge in [0.1, 0.15) is 0 Å². The van der Waals surface area contributed by atoms with Gasteiger partial charge in [0.05, 0.1) is 19.3 Å². The van der Waals surface area contributed by atoms with E-state index in [1.54, 1.807) is 0 Å². The number of hydrogen-bond donors (Lipinski definition) is 0. The Hall–Kier alpha value is -0.120. The second-order valence-corrected chi connectivity index (χ2v) is 5.30. The van der Waals surface area contributed by atoms with E-state index in [2.05, 4.69) is 11.8 Å². The summed E-state index contributed by atoms with van der Waals surface area (Å²) < 4.78 is 10.9. The molecule has 0 saturated carbocycles. The van der Waals surface area contributed by atoms with Crippen LogP contribution in [0.4, 0.5) is 0 Å². The minimum absolute atomic E-state index is 0.494. The summed E-state index contributed by atoms with van der Waals surface area (Å²) in [4.78, 5) is 2.52. The van der Waals surface area contributed by atoms with Gasteiger partial charge in [-0.1, -0.05) is 32.6 Å². The van der Waals surface area contributed by atoms with Gasteiger partial charge in [-0.2, -0.15) is 0 Å². The van der Waals surface area contributed by atoms with Gasteiger partial charge in [0, 0.05) is 20.2 Å². The zero-order valence-electron chi connectivity index (χ0n) is 12.3.